The van der Waals surface area contributed by atoms with E-state index in [1.807, 2.05) is 0 Å². The van der Waals surface area contributed by atoms with Crippen molar-refractivity contribution in [3.63, 3.8) is 0 Å². The molecule has 0 aliphatic heterocycles. The fourth-order valence-corrected chi connectivity index (χ4v) is 5.51. The van der Waals surface area contributed by atoms with Crippen LogP contribution in [0.15, 0.2) is 63.2 Å². The van der Waals surface area contributed by atoms with Crippen LogP contribution < -0.4 is 16.0 Å². The molecule has 40 heavy (non-hydrogen) atoms. The van der Waals surface area contributed by atoms with Crippen LogP contribution >= 0.6 is 12.0 Å². The standard InChI is InChI=1S/C22H21N3O12S3/c1-12(26)24-14-4-2-13(3-5-14)8-20(27)23-11-21(28)25-17-6-7-18(39(30,31)32)16-9-15(38-37-36-29)10-19(22(16)17)40(33,34)35/h2-7,9-10,29H,8,11H2,1H3,(H,23,27)(H,24,26)(H,25,28)(H,30,31,32)(H,33,34,35). The van der Waals surface area contributed by atoms with Gasteiger partial charge in [-0.15, -0.1) is 4.33 Å². The first-order chi connectivity index (χ1) is 18.7. The predicted octanol–water partition coefficient (Wildman–Crippen LogP) is 2.02. The van der Waals surface area contributed by atoms with Crippen LogP contribution in [0.4, 0.5) is 11.4 Å². The van der Waals surface area contributed by atoms with Gasteiger partial charge in [0.05, 0.1) is 30.7 Å². The number of carbonyl (C=O) groups is 3. The number of fused-ring (bicyclic) bond motifs is 1. The highest BCUT2D eigenvalue weighted by Crippen LogP contribution is 2.38. The van der Waals surface area contributed by atoms with E-state index in [1.54, 1.807) is 24.3 Å². The van der Waals surface area contributed by atoms with E-state index < -0.39 is 59.2 Å². The van der Waals surface area contributed by atoms with Gasteiger partial charge >= 0.3 is 0 Å². The van der Waals surface area contributed by atoms with E-state index in [0.717, 1.165) is 24.3 Å². The first-order valence-corrected chi connectivity index (χ1v) is 14.4. The summed E-state index contributed by atoms with van der Waals surface area (Å²) < 4.78 is 71.9. The van der Waals surface area contributed by atoms with E-state index in [2.05, 4.69) is 25.3 Å². The van der Waals surface area contributed by atoms with E-state index in [0.29, 0.717) is 11.3 Å². The van der Waals surface area contributed by atoms with Crippen molar-refractivity contribution in [1.82, 2.24) is 5.32 Å². The fraction of sp³-hybridized carbons (Fsp3) is 0.136. The third-order valence-electron chi connectivity index (χ3n) is 5.09. The van der Waals surface area contributed by atoms with E-state index in [1.165, 1.54) is 6.92 Å². The Kier molecular flexibility index (Phi) is 9.82. The number of hydrogen-bond acceptors (Lipinski definition) is 11. The van der Waals surface area contributed by atoms with Crippen molar-refractivity contribution >= 4 is 72.1 Å². The molecule has 0 aromatic heterocycles. The van der Waals surface area contributed by atoms with Gasteiger partial charge in [0.2, 0.25) is 17.7 Å². The number of anilines is 2. The maximum Gasteiger partial charge on any atom is 0.295 e. The van der Waals surface area contributed by atoms with Crippen molar-refractivity contribution in [3.05, 3.63) is 54.1 Å². The maximum absolute atomic E-state index is 12.6. The van der Waals surface area contributed by atoms with Gasteiger partial charge in [-0.3, -0.25) is 23.5 Å². The lowest BCUT2D eigenvalue weighted by Gasteiger charge is -2.15. The SMILES string of the molecule is CC(=O)Nc1ccc(CC(=O)NCC(=O)Nc2ccc(S(=O)(=O)O)c3cc(SOOO)cc(S(=O)(=O)O)c23)cc1. The molecule has 0 aliphatic carbocycles. The van der Waals surface area contributed by atoms with Gasteiger partial charge in [-0.25, -0.2) is 5.26 Å². The number of nitrogens with one attached hydrogen (secondary N) is 3. The molecule has 0 saturated carbocycles. The van der Waals surface area contributed by atoms with Crippen LogP contribution in [-0.4, -0.2) is 55.5 Å². The van der Waals surface area contributed by atoms with Crippen molar-refractivity contribution in [3.8, 4) is 0 Å². The van der Waals surface area contributed by atoms with Gasteiger partial charge in [-0.2, -0.15) is 16.8 Å². The van der Waals surface area contributed by atoms with Crippen LogP contribution in [-0.2, 0) is 50.4 Å². The van der Waals surface area contributed by atoms with Gasteiger partial charge in [0.25, 0.3) is 20.2 Å². The molecule has 0 unspecified atom stereocenters. The first kappa shape index (κ1) is 30.9. The molecule has 0 atom stereocenters. The molecule has 6 N–H and O–H groups in total. The minimum absolute atomic E-state index is 0.105. The highest BCUT2D eigenvalue weighted by atomic mass is 32.2. The Balaban J connectivity index is 1.86. The number of carbonyl (C=O) groups excluding carboxylic acids is 3. The van der Waals surface area contributed by atoms with Crippen LogP contribution in [0, 0.1) is 0 Å². The minimum atomic E-state index is -5.06. The molecule has 0 saturated heterocycles. The number of hydrogen-bond donors (Lipinski definition) is 6. The minimum Gasteiger partial charge on any atom is -0.347 e. The third-order valence-corrected chi connectivity index (χ3v) is 7.43. The molecule has 15 nitrogen and oxygen atoms in total. The quantitative estimate of drug-likeness (QED) is 0.0785. The molecule has 0 spiro atoms. The molecule has 0 radical (unpaired) electrons. The number of rotatable bonds is 11. The van der Waals surface area contributed by atoms with Gasteiger partial charge in [-0.05, 0) is 42.0 Å². The lowest BCUT2D eigenvalue weighted by Crippen LogP contribution is -2.33. The van der Waals surface area contributed by atoms with Crippen LogP contribution in [0.25, 0.3) is 10.8 Å². The Morgan fingerprint density at radius 3 is 2.10 bits per heavy atom. The Morgan fingerprint density at radius 1 is 0.875 bits per heavy atom. The largest absolute Gasteiger partial charge is 0.347 e. The highest BCUT2D eigenvalue weighted by Gasteiger charge is 2.25. The first-order valence-electron chi connectivity index (χ1n) is 10.8. The fourth-order valence-electron chi connectivity index (χ4n) is 3.56. The van der Waals surface area contributed by atoms with Crippen molar-refractivity contribution in [2.75, 3.05) is 17.2 Å². The molecular formula is C22H21N3O12S3. The van der Waals surface area contributed by atoms with Crippen molar-refractivity contribution in [2.24, 2.45) is 0 Å². The monoisotopic (exact) mass is 615 g/mol. The van der Waals surface area contributed by atoms with Gasteiger partial charge in [0.15, 0.2) is 0 Å². The van der Waals surface area contributed by atoms with E-state index in [-0.39, 0.29) is 35.0 Å². The summed E-state index contributed by atoms with van der Waals surface area (Å²) in [4.78, 5) is 34.2. The zero-order valence-electron chi connectivity index (χ0n) is 20.3. The summed E-state index contributed by atoms with van der Waals surface area (Å²) in [5, 5.41) is 18.2. The molecule has 18 heteroatoms. The molecule has 214 valence electrons. The molecular weight excluding hydrogens is 594 g/mol. The molecule has 3 aromatic carbocycles. The lowest BCUT2D eigenvalue weighted by molar-refractivity contribution is -0.432. The zero-order valence-corrected chi connectivity index (χ0v) is 22.7. The van der Waals surface area contributed by atoms with Gasteiger partial charge < -0.3 is 16.0 Å². The Hall–Kier alpha value is -3.62. The maximum atomic E-state index is 12.6. The van der Waals surface area contributed by atoms with Gasteiger partial charge in [0.1, 0.15) is 9.79 Å². The smallest absolute Gasteiger partial charge is 0.295 e. The summed E-state index contributed by atoms with van der Waals surface area (Å²) in [7, 11) is -9.99. The van der Waals surface area contributed by atoms with E-state index in [9.17, 15) is 40.3 Å². The summed E-state index contributed by atoms with van der Waals surface area (Å²) in [5.74, 6) is -1.64. The van der Waals surface area contributed by atoms with E-state index >= 15 is 0 Å². The molecule has 0 fully saturated rings. The summed E-state index contributed by atoms with van der Waals surface area (Å²) in [6.45, 7) is 0.781. The molecule has 0 aliphatic rings. The average molecular weight is 616 g/mol. The third kappa shape index (κ3) is 8.19. The van der Waals surface area contributed by atoms with Crippen molar-refractivity contribution in [2.45, 2.75) is 28.0 Å². The Bertz CT molecular complexity index is 1670. The second kappa shape index (κ2) is 12.7. The summed E-state index contributed by atoms with van der Waals surface area (Å²) in [6, 6.07) is 10.1. The van der Waals surface area contributed by atoms with Crippen LogP contribution in [0.2, 0.25) is 0 Å². The second-order valence-corrected chi connectivity index (χ2v) is 11.6. The van der Waals surface area contributed by atoms with Gasteiger partial charge in [0, 0.05) is 28.3 Å². The van der Waals surface area contributed by atoms with Crippen LogP contribution in [0.5, 0.6) is 0 Å². The topological polar surface area (TPSA) is 235 Å². The van der Waals surface area contributed by atoms with Crippen molar-refractivity contribution in [1.29, 1.82) is 0 Å². The van der Waals surface area contributed by atoms with Crippen LogP contribution in [0.3, 0.4) is 0 Å². The molecule has 0 bridgehead atoms. The summed E-state index contributed by atoms with van der Waals surface area (Å²) in [6.07, 6.45) is -0.105. The molecule has 3 aromatic rings. The average Bonchev–Trinajstić information content (AvgIpc) is 2.85. The number of benzene rings is 3. The van der Waals surface area contributed by atoms with E-state index in [4.69, 9.17) is 5.26 Å². The van der Waals surface area contributed by atoms with Crippen molar-refractivity contribution < 1.29 is 55.0 Å². The normalized spacial score (nSPS) is 11.7. The zero-order chi connectivity index (χ0) is 29.7. The molecule has 0 heterocycles. The Morgan fingerprint density at radius 2 is 1.52 bits per heavy atom. The van der Waals surface area contributed by atoms with Gasteiger partial charge in [-0.1, -0.05) is 17.2 Å². The molecule has 3 amide bonds. The van der Waals surface area contributed by atoms with Crippen LogP contribution in [0.1, 0.15) is 12.5 Å². The lowest BCUT2D eigenvalue weighted by atomic mass is 10.1. The Labute approximate surface area is 231 Å². The summed E-state index contributed by atoms with van der Waals surface area (Å²) >= 11 is 0.242. The summed E-state index contributed by atoms with van der Waals surface area (Å²) in [5.41, 5.74) is 0.840. The predicted molar refractivity (Wildman–Crippen MR) is 140 cm³/mol. The molecule has 3 rings (SSSR count). The highest BCUT2D eigenvalue weighted by molar-refractivity contribution is 7.94. The second-order valence-electron chi connectivity index (χ2n) is 8.01. The number of amides is 3.